The lowest BCUT2D eigenvalue weighted by Gasteiger charge is -2.20. The van der Waals surface area contributed by atoms with E-state index in [0.29, 0.717) is 5.69 Å². The number of amides is 2. The zero-order valence-electron chi connectivity index (χ0n) is 16.5. The standard InChI is InChI=1S/C23H24FN3O2/c1-16(20-12-5-8-17-7-3-4-11-21(17)20)25-22(28)14-27(2)15-23(29)26-19-10-6-9-18(24)13-19/h3-13,16H,14-15H2,1-2H3,(H,25,28)(H,26,29). The number of hydrogen-bond donors (Lipinski definition) is 2. The Morgan fingerprint density at radius 1 is 0.966 bits per heavy atom. The summed E-state index contributed by atoms with van der Waals surface area (Å²) in [5.41, 5.74) is 1.43. The number of anilines is 1. The van der Waals surface area contributed by atoms with E-state index in [1.54, 1.807) is 18.0 Å². The van der Waals surface area contributed by atoms with E-state index in [4.69, 9.17) is 0 Å². The Morgan fingerprint density at radius 2 is 1.66 bits per heavy atom. The third-order valence-corrected chi connectivity index (χ3v) is 4.60. The zero-order valence-corrected chi connectivity index (χ0v) is 16.5. The van der Waals surface area contributed by atoms with Gasteiger partial charge in [0.2, 0.25) is 11.8 Å². The molecule has 0 aromatic heterocycles. The van der Waals surface area contributed by atoms with Crippen LogP contribution in [0, 0.1) is 5.82 Å². The number of rotatable bonds is 7. The van der Waals surface area contributed by atoms with Crippen molar-refractivity contribution in [1.82, 2.24) is 10.2 Å². The first-order valence-electron chi connectivity index (χ1n) is 9.43. The molecule has 3 rings (SSSR count). The van der Waals surface area contributed by atoms with E-state index in [9.17, 15) is 14.0 Å². The van der Waals surface area contributed by atoms with Crippen LogP contribution < -0.4 is 10.6 Å². The molecule has 29 heavy (non-hydrogen) atoms. The van der Waals surface area contributed by atoms with E-state index < -0.39 is 5.82 Å². The minimum atomic E-state index is -0.419. The monoisotopic (exact) mass is 393 g/mol. The van der Waals surface area contributed by atoms with Crippen molar-refractivity contribution < 1.29 is 14.0 Å². The van der Waals surface area contributed by atoms with Crippen molar-refractivity contribution in [2.24, 2.45) is 0 Å². The van der Waals surface area contributed by atoms with Gasteiger partial charge >= 0.3 is 0 Å². The van der Waals surface area contributed by atoms with Crippen LogP contribution in [0.4, 0.5) is 10.1 Å². The summed E-state index contributed by atoms with van der Waals surface area (Å²) in [7, 11) is 1.69. The molecular weight excluding hydrogens is 369 g/mol. The number of nitrogens with zero attached hydrogens (tertiary/aromatic N) is 1. The zero-order chi connectivity index (χ0) is 20.8. The second kappa shape index (κ2) is 9.30. The smallest absolute Gasteiger partial charge is 0.238 e. The summed E-state index contributed by atoms with van der Waals surface area (Å²) in [5.74, 6) is -0.905. The van der Waals surface area contributed by atoms with Gasteiger partial charge in [-0.15, -0.1) is 0 Å². The predicted molar refractivity (Wildman–Crippen MR) is 113 cm³/mol. The van der Waals surface area contributed by atoms with Crippen molar-refractivity contribution in [2.75, 3.05) is 25.5 Å². The molecule has 1 unspecified atom stereocenters. The van der Waals surface area contributed by atoms with Crippen molar-refractivity contribution in [3.8, 4) is 0 Å². The van der Waals surface area contributed by atoms with Crippen LogP contribution in [0.1, 0.15) is 18.5 Å². The fraction of sp³-hybridized carbons (Fsp3) is 0.217. The first kappa shape index (κ1) is 20.5. The third kappa shape index (κ3) is 5.62. The minimum Gasteiger partial charge on any atom is -0.348 e. The molecule has 2 N–H and O–H groups in total. The second-order valence-corrected chi connectivity index (χ2v) is 7.09. The van der Waals surface area contributed by atoms with Gasteiger partial charge in [-0.05, 0) is 48.5 Å². The molecule has 0 heterocycles. The van der Waals surface area contributed by atoms with Crippen molar-refractivity contribution >= 4 is 28.3 Å². The molecule has 5 nitrogen and oxygen atoms in total. The number of carbonyl (C=O) groups excluding carboxylic acids is 2. The summed E-state index contributed by atoms with van der Waals surface area (Å²) in [6, 6.07) is 19.6. The lowest BCUT2D eigenvalue weighted by atomic mass is 10.00. The van der Waals surface area contributed by atoms with E-state index in [2.05, 4.69) is 10.6 Å². The summed E-state index contributed by atoms with van der Waals surface area (Å²) >= 11 is 0. The first-order chi connectivity index (χ1) is 13.9. The molecular formula is C23H24FN3O2. The number of hydrogen-bond acceptors (Lipinski definition) is 3. The van der Waals surface area contributed by atoms with Crippen LogP contribution in [-0.2, 0) is 9.59 Å². The third-order valence-electron chi connectivity index (χ3n) is 4.60. The lowest BCUT2D eigenvalue weighted by molar-refractivity contribution is -0.123. The van der Waals surface area contributed by atoms with Crippen LogP contribution in [0.2, 0.25) is 0 Å². The summed E-state index contributed by atoms with van der Waals surface area (Å²) in [6.45, 7) is 2.04. The molecule has 2 amide bonds. The van der Waals surface area contributed by atoms with Crippen LogP contribution in [0.15, 0.2) is 66.7 Å². The van der Waals surface area contributed by atoms with Gasteiger partial charge in [-0.2, -0.15) is 0 Å². The maximum Gasteiger partial charge on any atom is 0.238 e. The maximum absolute atomic E-state index is 13.2. The Kier molecular flexibility index (Phi) is 6.57. The van der Waals surface area contributed by atoms with Gasteiger partial charge in [0.25, 0.3) is 0 Å². The van der Waals surface area contributed by atoms with Gasteiger partial charge in [0.1, 0.15) is 5.82 Å². The average molecular weight is 393 g/mol. The highest BCUT2D eigenvalue weighted by Crippen LogP contribution is 2.23. The van der Waals surface area contributed by atoms with Gasteiger partial charge in [0.15, 0.2) is 0 Å². The summed E-state index contributed by atoms with van der Waals surface area (Å²) < 4.78 is 13.2. The van der Waals surface area contributed by atoms with Crippen molar-refractivity contribution in [2.45, 2.75) is 13.0 Å². The number of nitrogens with one attached hydrogen (secondary N) is 2. The van der Waals surface area contributed by atoms with E-state index in [-0.39, 0.29) is 30.9 Å². The largest absolute Gasteiger partial charge is 0.348 e. The SMILES string of the molecule is CC(NC(=O)CN(C)CC(=O)Nc1cccc(F)c1)c1cccc2ccccc12. The van der Waals surface area contributed by atoms with Crippen LogP contribution in [0.3, 0.4) is 0 Å². The molecule has 1 atom stereocenters. The van der Waals surface area contributed by atoms with Gasteiger partial charge in [-0.25, -0.2) is 4.39 Å². The Morgan fingerprint density at radius 3 is 2.45 bits per heavy atom. The highest BCUT2D eigenvalue weighted by Gasteiger charge is 2.15. The van der Waals surface area contributed by atoms with Gasteiger partial charge in [-0.1, -0.05) is 48.5 Å². The second-order valence-electron chi connectivity index (χ2n) is 7.09. The van der Waals surface area contributed by atoms with Gasteiger partial charge < -0.3 is 10.6 Å². The van der Waals surface area contributed by atoms with Gasteiger partial charge in [0.05, 0.1) is 19.1 Å². The Bertz CT molecular complexity index is 1020. The maximum atomic E-state index is 13.2. The molecule has 0 saturated heterocycles. The number of benzene rings is 3. The quantitative estimate of drug-likeness (QED) is 0.643. The van der Waals surface area contributed by atoms with E-state index in [0.717, 1.165) is 16.3 Å². The molecule has 0 aliphatic rings. The summed E-state index contributed by atoms with van der Waals surface area (Å²) in [5, 5.41) is 7.83. The van der Waals surface area contributed by atoms with E-state index in [1.165, 1.54) is 18.2 Å². The van der Waals surface area contributed by atoms with E-state index in [1.807, 2.05) is 49.4 Å². The molecule has 0 radical (unpaired) electrons. The molecule has 150 valence electrons. The minimum absolute atomic E-state index is 0.0204. The van der Waals surface area contributed by atoms with Crippen LogP contribution in [-0.4, -0.2) is 36.9 Å². The number of halogens is 1. The van der Waals surface area contributed by atoms with Crippen LogP contribution in [0.25, 0.3) is 10.8 Å². The summed E-state index contributed by atoms with van der Waals surface area (Å²) in [4.78, 5) is 26.1. The molecule has 6 heteroatoms. The fourth-order valence-electron chi connectivity index (χ4n) is 3.31. The number of carbonyl (C=O) groups is 2. The first-order valence-corrected chi connectivity index (χ1v) is 9.43. The lowest BCUT2D eigenvalue weighted by Crippen LogP contribution is -2.39. The van der Waals surface area contributed by atoms with Crippen LogP contribution in [0.5, 0.6) is 0 Å². The highest BCUT2D eigenvalue weighted by atomic mass is 19.1. The normalized spacial score (nSPS) is 12.0. The number of fused-ring (bicyclic) bond motifs is 1. The Labute approximate surface area is 169 Å². The molecule has 3 aromatic rings. The van der Waals surface area contributed by atoms with Crippen LogP contribution >= 0.6 is 0 Å². The molecule has 0 aliphatic heterocycles. The molecule has 0 saturated carbocycles. The predicted octanol–water partition coefficient (Wildman–Crippen LogP) is 3.73. The topological polar surface area (TPSA) is 61.4 Å². The van der Waals surface area contributed by atoms with Crippen molar-refractivity contribution in [1.29, 1.82) is 0 Å². The fourth-order valence-corrected chi connectivity index (χ4v) is 3.31. The molecule has 0 aliphatic carbocycles. The molecule has 3 aromatic carbocycles. The average Bonchev–Trinajstić information content (AvgIpc) is 2.67. The van der Waals surface area contributed by atoms with Gasteiger partial charge in [0, 0.05) is 5.69 Å². The van der Waals surface area contributed by atoms with E-state index >= 15 is 0 Å². The van der Waals surface area contributed by atoms with Gasteiger partial charge in [-0.3, -0.25) is 14.5 Å². The molecule has 0 bridgehead atoms. The number of likely N-dealkylation sites (N-methyl/N-ethyl adjacent to an activating group) is 1. The molecule has 0 fully saturated rings. The Hall–Kier alpha value is -3.25. The molecule has 0 spiro atoms. The Balaban J connectivity index is 1.53. The summed E-state index contributed by atoms with van der Waals surface area (Å²) in [6.07, 6.45) is 0. The van der Waals surface area contributed by atoms with Crippen molar-refractivity contribution in [3.05, 3.63) is 78.1 Å². The highest BCUT2D eigenvalue weighted by molar-refractivity contribution is 5.92. The van der Waals surface area contributed by atoms with Crippen molar-refractivity contribution in [3.63, 3.8) is 0 Å².